The molecule has 0 amide bonds. The molecule has 0 rings (SSSR count). The van der Waals surface area contributed by atoms with Gasteiger partial charge in [0.2, 0.25) is 0 Å². The Kier molecular flexibility index (Phi) is 45.1. The summed E-state index contributed by atoms with van der Waals surface area (Å²) >= 11 is 0. The van der Waals surface area contributed by atoms with Crippen molar-refractivity contribution in [2.24, 2.45) is 5.92 Å². The second-order valence-electron chi connectivity index (χ2n) is 17.2. The monoisotopic (exact) mass is 894 g/mol. The number of esters is 3. The van der Waals surface area contributed by atoms with Crippen LogP contribution in [0, 0.1) is 5.92 Å². The Labute approximate surface area is 385 Å². The first-order valence-electron chi connectivity index (χ1n) is 25.7. The molecule has 0 aromatic heterocycles. The summed E-state index contributed by atoms with van der Waals surface area (Å²) in [6.45, 7) is 11.8. The number of carbonyl (C=O) groups excluding carboxylic acids is 3. The average Bonchev–Trinajstić information content (AvgIpc) is 3.27. The number of ether oxygens (including phenoxy) is 5. The molecule has 1 unspecified atom stereocenters. The van der Waals surface area contributed by atoms with Crippen LogP contribution in [0.25, 0.3) is 0 Å². The summed E-state index contributed by atoms with van der Waals surface area (Å²) in [4.78, 5) is 51.4. The molecule has 11 heteroatoms. The van der Waals surface area contributed by atoms with Gasteiger partial charge in [0, 0.05) is 38.9 Å². The topological polar surface area (TPSA) is 138 Å². The van der Waals surface area contributed by atoms with Crippen LogP contribution in [0.15, 0.2) is 24.3 Å². The minimum absolute atomic E-state index is 0.0157. The van der Waals surface area contributed by atoms with E-state index in [1.165, 1.54) is 77.0 Å². The lowest BCUT2D eigenvalue weighted by atomic mass is 10.1. The van der Waals surface area contributed by atoms with Gasteiger partial charge in [-0.2, -0.15) is 0 Å². The second kappa shape index (κ2) is 47.2. The molecule has 0 heterocycles. The molecule has 0 radical (unpaired) electrons. The molecule has 0 bridgehead atoms. The molecular weight excluding hydrogens is 799 g/mol. The molecule has 0 aromatic carbocycles. The van der Waals surface area contributed by atoms with Gasteiger partial charge in [-0.05, 0) is 83.8 Å². The molecule has 368 valence electrons. The van der Waals surface area contributed by atoms with Crippen LogP contribution in [0.4, 0.5) is 0 Å². The van der Waals surface area contributed by atoms with Crippen molar-refractivity contribution in [1.29, 1.82) is 0 Å². The molecule has 1 N–H and O–H groups in total. The van der Waals surface area contributed by atoms with Gasteiger partial charge >= 0.3 is 23.9 Å². The second-order valence-corrected chi connectivity index (χ2v) is 17.2. The van der Waals surface area contributed by atoms with Crippen molar-refractivity contribution in [1.82, 2.24) is 4.90 Å². The minimum atomic E-state index is -0.813. The van der Waals surface area contributed by atoms with Crippen molar-refractivity contribution in [2.45, 2.75) is 227 Å². The molecule has 0 aromatic rings. The predicted octanol–water partition coefficient (Wildman–Crippen LogP) is 12.9. The summed E-state index contributed by atoms with van der Waals surface area (Å²) in [5, 5.41) is 8.94. The van der Waals surface area contributed by atoms with Gasteiger partial charge in [-0.25, -0.2) is 0 Å². The Morgan fingerprint density at radius 3 is 1.40 bits per heavy atom. The molecule has 0 saturated carbocycles. The summed E-state index contributed by atoms with van der Waals surface area (Å²) in [5.74, 6) is -2.40. The van der Waals surface area contributed by atoms with Gasteiger partial charge in [0.1, 0.15) is 19.8 Å². The van der Waals surface area contributed by atoms with Crippen molar-refractivity contribution in [3.8, 4) is 0 Å². The molecule has 0 aliphatic carbocycles. The number of nitrogens with zero attached hydrogens (tertiary/aromatic N) is 1. The fourth-order valence-electron chi connectivity index (χ4n) is 7.05. The largest absolute Gasteiger partial charge is 0.481 e. The Morgan fingerprint density at radius 2 is 0.889 bits per heavy atom. The van der Waals surface area contributed by atoms with E-state index in [2.05, 4.69) is 50.0 Å². The van der Waals surface area contributed by atoms with Crippen molar-refractivity contribution < 1.29 is 48.0 Å². The Morgan fingerprint density at radius 1 is 0.476 bits per heavy atom. The maximum Gasteiger partial charge on any atom is 0.305 e. The highest BCUT2D eigenvalue weighted by atomic mass is 16.7. The summed E-state index contributed by atoms with van der Waals surface area (Å²) in [6.07, 6.45) is 37.0. The fourth-order valence-corrected chi connectivity index (χ4v) is 7.05. The molecule has 1 atom stereocenters. The van der Waals surface area contributed by atoms with Crippen LogP contribution in [0.5, 0.6) is 0 Å². The van der Waals surface area contributed by atoms with Crippen molar-refractivity contribution in [2.75, 3.05) is 52.7 Å². The quantitative estimate of drug-likeness (QED) is 0.0205. The average molecular weight is 894 g/mol. The van der Waals surface area contributed by atoms with Crippen LogP contribution < -0.4 is 0 Å². The van der Waals surface area contributed by atoms with Crippen molar-refractivity contribution in [3.05, 3.63) is 24.3 Å². The van der Waals surface area contributed by atoms with Crippen molar-refractivity contribution >= 4 is 23.9 Å². The maximum absolute atomic E-state index is 13.0. The first-order chi connectivity index (χ1) is 30.7. The van der Waals surface area contributed by atoms with E-state index in [1.807, 2.05) is 6.92 Å². The lowest BCUT2D eigenvalue weighted by Gasteiger charge is -2.20. The molecule has 0 saturated heterocycles. The number of aliphatic carboxylic acids is 1. The number of hydrogen-bond acceptors (Lipinski definition) is 10. The van der Waals surface area contributed by atoms with E-state index in [0.29, 0.717) is 52.0 Å². The van der Waals surface area contributed by atoms with Crippen LogP contribution in [-0.2, 0) is 42.9 Å². The normalized spacial score (nSPS) is 12.2. The number of carboxylic acids is 1. The zero-order chi connectivity index (χ0) is 46.3. The zero-order valence-electron chi connectivity index (χ0n) is 40.9. The molecule has 0 fully saturated rings. The van der Waals surface area contributed by atoms with Crippen LogP contribution in [0.3, 0.4) is 0 Å². The molecule has 63 heavy (non-hydrogen) atoms. The number of carboxylic acid groups (broad SMARTS) is 1. The molecule has 0 aliphatic heterocycles. The fraction of sp³-hybridized carbons (Fsp3) is 0.846. The van der Waals surface area contributed by atoms with Crippen LogP contribution >= 0.6 is 0 Å². The summed E-state index contributed by atoms with van der Waals surface area (Å²) in [6, 6.07) is 0. The van der Waals surface area contributed by atoms with E-state index in [0.717, 1.165) is 77.2 Å². The number of unbranched alkanes of at least 4 members (excludes halogenated alkanes) is 18. The number of hydrogen-bond donors (Lipinski definition) is 1. The summed E-state index contributed by atoms with van der Waals surface area (Å²) in [7, 11) is 0. The van der Waals surface area contributed by atoms with Crippen molar-refractivity contribution in [3.63, 3.8) is 0 Å². The third-order valence-corrected chi connectivity index (χ3v) is 11.1. The van der Waals surface area contributed by atoms with E-state index in [4.69, 9.17) is 28.8 Å². The Hall–Kier alpha value is -2.76. The van der Waals surface area contributed by atoms with Gasteiger partial charge in [0.25, 0.3) is 0 Å². The van der Waals surface area contributed by atoms with Gasteiger partial charge in [-0.3, -0.25) is 19.2 Å². The molecular formula is C52H95NO10. The predicted molar refractivity (Wildman–Crippen MR) is 256 cm³/mol. The highest BCUT2D eigenvalue weighted by molar-refractivity contribution is 5.70. The van der Waals surface area contributed by atoms with E-state index in [1.54, 1.807) is 0 Å². The van der Waals surface area contributed by atoms with Gasteiger partial charge in [-0.1, -0.05) is 148 Å². The van der Waals surface area contributed by atoms with Gasteiger partial charge in [0.05, 0.1) is 12.3 Å². The molecule has 0 spiro atoms. The summed E-state index contributed by atoms with van der Waals surface area (Å²) in [5.41, 5.74) is 0. The standard InChI is InChI=1S/C52H95NO10/c1-5-9-12-15-18-19-20-21-22-23-24-25-26-27-30-36-49(56)61-44-47(45-62-50(57)37-34-41-53(8-4)40-33-35-48(54)55)46-63-51(58)38-39-52(59-42-31-28-16-13-10-6-2)60-43-32-29-17-14-11-7-3/h18-19,21-22,47,52H,5-17,20,23-46H2,1-4H3,(H,54,55)/b19-18-,22-21-. The lowest BCUT2D eigenvalue weighted by molar-refractivity contribution is -0.162. The van der Waals surface area contributed by atoms with E-state index in [-0.39, 0.29) is 51.0 Å². The van der Waals surface area contributed by atoms with Gasteiger partial charge < -0.3 is 33.7 Å². The molecule has 0 aliphatic rings. The first-order valence-corrected chi connectivity index (χ1v) is 25.7. The highest BCUT2D eigenvalue weighted by Gasteiger charge is 2.20. The van der Waals surface area contributed by atoms with Gasteiger partial charge in [0.15, 0.2) is 6.29 Å². The highest BCUT2D eigenvalue weighted by Crippen LogP contribution is 2.14. The SMILES string of the molecule is CCCCC/C=C\C/C=C\CCCCCCCC(=O)OCC(COC(=O)CCCN(CC)CCCC(=O)O)COC(=O)CCC(OCCCCCCCC)OCCCCCCCC. The Bertz CT molecular complexity index is 1110. The summed E-state index contributed by atoms with van der Waals surface area (Å²) < 4.78 is 29.1. The smallest absolute Gasteiger partial charge is 0.305 e. The van der Waals surface area contributed by atoms with Crippen LogP contribution in [-0.4, -0.2) is 92.8 Å². The maximum atomic E-state index is 13.0. The lowest BCUT2D eigenvalue weighted by Crippen LogP contribution is -2.28. The number of rotatable bonds is 48. The van der Waals surface area contributed by atoms with Crippen LogP contribution in [0.1, 0.15) is 220 Å². The van der Waals surface area contributed by atoms with Crippen LogP contribution in [0.2, 0.25) is 0 Å². The zero-order valence-corrected chi connectivity index (χ0v) is 40.9. The van der Waals surface area contributed by atoms with E-state index in [9.17, 15) is 19.2 Å². The Balaban J connectivity index is 4.96. The number of allylic oxidation sites excluding steroid dienone is 4. The first kappa shape index (κ1) is 60.2. The van der Waals surface area contributed by atoms with E-state index >= 15 is 0 Å². The van der Waals surface area contributed by atoms with Gasteiger partial charge in [-0.15, -0.1) is 0 Å². The minimum Gasteiger partial charge on any atom is -0.481 e. The number of carbonyl (C=O) groups is 4. The molecule has 11 nitrogen and oxygen atoms in total. The van der Waals surface area contributed by atoms with E-state index < -0.39 is 24.1 Å². The third kappa shape index (κ3) is 44.2. The third-order valence-electron chi connectivity index (χ3n) is 11.1.